The van der Waals surface area contributed by atoms with E-state index < -0.39 is 5.97 Å². The molecule has 0 fully saturated rings. The van der Waals surface area contributed by atoms with Gasteiger partial charge < -0.3 is 10.4 Å². The lowest BCUT2D eigenvalue weighted by atomic mass is 9.96. The van der Waals surface area contributed by atoms with Gasteiger partial charge in [0.25, 0.3) is 0 Å². The molecule has 2 N–H and O–H groups in total. The van der Waals surface area contributed by atoms with Gasteiger partial charge in [-0.15, -0.1) is 0 Å². The first-order valence-corrected chi connectivity index (χ1v) is 6.61. The number of carbonyl (C=O) groups is 1. The van der Waals surface area contributed by atoms with Gasteiger partial charge >= 0.3 is 5.97 Å². The Hall–Kier alpha value is -2.02. The molecule has 1 aromatic rings. The smallest absolute Gasteiger partial charge is 0.303 e. The van der Waals surface area contributed by atoms with Crippen molar-refractivity contribution in [2.24, 2.45) is 5.92 Å². The summed E-state index contributed by atoms with van der Waals surface area (Å²) in [5.74, 6) is -0.277. The second-order valence-electron chi connectivity index (χ2n) is 4.61. The molecular formula is C15H20N2O2. The Morgan fingerprint density at radius 3 is 2.58 bits per heavy atom. The number of benzene rings is 1. The lowest BCUT2D eigenvalue weighted by Gasteiger charge is -2.14. The van der Waals surface area contributed by atoms with Crippen molar-refractivity contribution >= 4 is 11.7 Å². The minimum atomic E-state index is -0.724. The van der Waals surface area contributed by atoms with Crippen molar-refractivity contribution in [3.63, 3.8) is 0 Å². The van der Waals surface area contributed by atoms with E-state index in [0.29, 0.717) is 11.5 Å². The highest BCUT2D eigenvalue weighted by Crippen LogP contribution is 2.16. The van der Waals surface area contributed by atoms with E-state index in [1.165, 1.54) is 0 Å². The number of nitrogens with one attached hydrogen (secondary N) is 1. The second kappa shape index (κ2) is 8.15. The first-order chi connectivity index (χ1) is 9.15. The average molecular weight is 260 g/mol. The Bertz CT molecular complexity index is 434. The predicted octanol–water partition coefficient (Wildman–Crippen LogP) is 3.25. The molecule has 0 saturated heterocycles. The number of carboxylic acids is 1. The third-order valence-corrected chi connectivity index (χ3v) is 3.24. The van der Waals surface area contributed by atoms with E-state index in [-0.39, 0.29) is 6.42 Å². The maximum absolute atomic E-state index is 10.5. The molecule has 0 aliphatic carbocycles. The van der Waals surface area contributed by atoms with Crippen LogP contribution in [0.2, 0.25) is 0 Å². The van der Waals surface area contributed by atoms with E-state index in [9.17, 15) is 4.79 Å². The van der Waals surface area contributed by atoms with Crippen LogP contribution in [0, 0.1) is 17.2 Å². The Balaban J connectivity index is 2.31. The Kier molecular flexibility index (Phi) is 6.45. The van der Waals surface area contributed by atoms with E-state index in [0.717, 1.165) is 31.5 Å². The predicted molar refractivity (Wildman–Crippen MR) is 74.9 cm³/mol. The molecule has 0 bridgehead atoms. The van der Waals surface area contributed by atoms with Crippen molar-refractivity contribution in [1.29, 1.82) is 5.26 Å². The average Bonchev–Trinajstić information content (AvgIpc) is 2.43. The molecule has 0 saturated carbocycles. The molecule has 1 atom stereocenters. The van der Waals surface area contributed by atoms with Crippen molar-refractivity contribution in [2.75, 3.05) is 11.9 Å². The van der Waals surface area contributed by atoms with Gasteiger partial charge in [0.15, 0.2) is 0 Å². The Morgan fingerprint density at radius 2 is 2.05 bits per heavy atom. The summed E-state index contributed by atoms with van der Waals surface area (Å²) in [4.78, 5) is 10.5. The van der Waals surface area contributed by atoms with Crippen LogP contribution in [-0.2, 0) is 4.79 Å². The molecule has 0 aliphatic heterocycles. The number of rotatable bonds is 8. The third-order valence-electron chi connectivity index (χ3n) is 3.24. The zero-order chi connectivity index (χ0) is 14.1. The van der Waals surface area contributed by atoms with Gasteiger partial charge in [-0.1, -0.05) is 13.3 Å². The van der Waals surface area contributed by atoms with Crippen molar-refractivity contribution in [2.45, 2.75) is 32.6 Å². The maximum Gasteiger partial charge on any atom is 0.303 e. The molecule has 0 amide bonds. The van der Waals surface area contributed by atoms with Gasteiger partial charge in [-0.05, 0) is 43.0 Å². The molecule has 19 heavy (non-hydrogen) atoms. The van der Waals surface area contributed by atoms with E-state index in [2.05, 4.69) is 18.3 Å². The van der Waals surface area contributed by atoms with Crippen LogP contribution in [0.25, 0.3) is 0 Å². The normalized spacial score (nSPS) is 11.6. The SMILES string of the molecule is CCC(CCNc1ccc(C#N)cc1)CCC(=O)O. The summed E-state index contributed by atoms with van der Waals surface area (Å²) >= 11 is 0. The Morgan fingerprint density at radius 1 is 1.37 bits per heavy atom. The van der Waals surface area contributed by atoms with Gasteiger partial charge in [-0.3, -0.25) is 4.79 Å². The molecule has 1 unspecified atom stereocenters. The fraction of sp³-hybridized carbons (Fsp3) is 0.467. The van der Waals surface area contributed by atoms with Gasteiger partial charge in [0.05, 0.1) is 11.6 Å². The summed E-state index contributed by atoms with van der Waals surface area (Å²) in [6.45, 7) is 2.91. The van der Waals surface area contributed by atoms with Gasteiger partial charge in [0.2, 0.25) is 0 Å². The van der Waals surface area contributed by atoms with Gasteiger partial charge in [0, 0.05) is 18.7 Å². The summed E-state index contributed by atoms with van der Waals surface area (Å²) in [7, 11) is 0. The number of nitrogens with zero attached hydrogens (tertiary/aromatic N) is 1. The van der Waals surface area contributed by atoms with Crippen LogP contribution in [0.15, 0.2) is 24.3 Å². The van der Waals surface area contributed by atoms with Crippen molar-refractivity contribution in [3.05, 3.63) is 29.8 Å². The highest BCUT2D eigenvalue weighted by atomic mass is 16.4. The first-order valence-electron chi connectivity index (χ1n) is 6.61. The van der Waals surface area contributed by atoms with Gasteiger partial charge in [-0.25, -0.2) is 0 Å². The number of carboxylic acid groups (broad SMARTS) is 1. The minimum absolute atomic E-state index is 0.245. The quantitative estimate of drug-likeness (QED) is 0.752. The molecule has 4 heteroatoms. The van der Waals surface area contributed by atoms with Crippen molar-refractivity contribution in [3.8, 4) is 6.07 Å². The zero-order valence-corrected chi connectivity index (χ0v) is 11.2. The van der Waals surface area contributed by atoms with E-state index in [1.807, 2.05) is 12.1 Å². The van der Waals surface area contributed by atoms with Crippen LogP contribution in [0.1, 0.15) is 38.2 Å². The van der Waals surface area contributed by atoms with Crippen LogP contribution in [-0.4, -0.2) is 17.6 Å². The molecule has 4 nitrogen and oxygen atoms in total. The number of hydrogen-bond acceptors (Lipinski definition) is 3. The summed E-state index contributed by atoms with van der Waals surface area (Å²) < 4.78 is 0. The lowest BCUT2D eigenvalue weighted by molar-refractivity contribution is -0.137. The van der Waals surface area contributed by atoms with Crippen LogP contribution in [0.4, 0.5) is 5.69 Å². The molecule has 0 spiro atoms. The molecule has 1 rings (SSSR count). The minimum Gasteiger partial charge on any atom is -0.481 e. The van der Waals surface area contributed by atoms with E-state index in [1.54, 1.807) is 12.1 Å². The first kappa shape index (κ1) is 15.0. The molecule has 1 aromatic carbocycles. The zero-order valence-electron chi connectivity index (χ0n) is 11.2. The monoisotopic (exact) mass is 260 g/mol. The number of hydrogen-bond donors (Lipinski definition) is 2. The van der Waals surface area contributed by atoms with Crippen LogP contribution in [0.3, 0.4) is 0 Å². The number of nitriles is 1. The van der Waals surface area contributed by atoms with Crippen LogP contribution < -0.4 is 5.32 Å². The molecule has 0 heterocycles. The summed E-state index contributed by atoms with van der Waals surface area (Å²) in [6.07, 6.45) is 2.95. The van der Waals surface area contributed by atoms with Crippen LogP contribution in [0.5, 0.6) is 0 Å². The summed E-state index contributed by atoms with van der Waals surface area (Å²) in [5, 5.41) is 20.7. The highest BCUT2D eigenvalue weighted by molar-refractivity contribution is 5.66. The van der Waals surface area contributed by atoms with Crippen LogP contribution >= 0.6 is 0 Å². The lowest BCUT2D eigenvalue weighted by Crippen LogP contribution is -2.10. The number of anilines is 1. The molecule has 102 valence electrons. The van der Waals surface area contributed by atoms with Crippen molar-refractivity contribution < 1.29 is 9.90 Å². The molecule has 0 radical (unpaired) electrons. The topological polar surface area (TPSA) is 73.1 Å². The Labute approximate surface area is 114 Å². The van der Waals surface area contributed by atoms with E-state index >= 15 is 0 Å². The van der Waals surface area contributed by atoms with Crippen molar-refractivity contribution in [1.82, 2.24) is 0 Å². The van der Waals surface area contributed by atoms with Gasteiger partial charge in [-0.2, -0.15) is 5.26 Å². The number of aliphatic carboxylic acids is 1. The largest absolute Gasteiger partial charge is 0.481 e. The third kappa shape index (κ3) is 5.91. The second-order valence-corrected chi connectivity index (χ2v) is 4.61. The fourth-order valence-corrected chi connectivity index (χ4v) is 1.96. The summed E-state index contributed by atoms with van der Waals surface area (Å²) in [5.41, 5.74) is 1.64. The molecule has 0 aromatic heterocycles. The summed E-state index contributed by atoms with van der Waals surface area (Å²) in [6, 6.07) is 9.42. The fourth-order valence-electron chi connectivity index (χ4n) is 1.96. The maximum atomic E-state index is 10.5. The highest BCUT2D eigenvalue weighted by Gasteiger charge is 2.08. The van der Waals surface area contributed by atoms with E-state index in [4.69, 9.17) is 10.4 Å². The standard InChI is InChI=1S/C15H20N2O2/c1-2-12(5-8-15(18)19)9-10-17-14-6-3-13(11-16)4-7-14/h3-4,6-7,12,17H,2,5,8-10H2,1H3,(H,18,19). The molecular weight excluding hydrogens is 240 g/mol. The molecule has 0 aliphatic rings. The van der Waals surface area contributed by atoms with Gasteiger partial charge in [0.1, 0.15) is 0 Å².